The first-order valence-electron chi connectivity index (χ1n) is 8.01. The minimum Gasteiger partial charge on any atom is -0.350 e. The van der Waals surface area contributed by atoms with E-state index in [4.69, 9.17) is 0 Å². The van der Waals surface area contributed by atoms with Gasteiger partial charge in [0.2, 0.25) is 5.91 Å². The lowest BCUT2D eigenvalue weighted by atomic mass is 10.1. The molecule has 2 rings (SSSR count). The maximum absolute atomic E-state index is 12.4. The van der Waals surface area contributed by atoms with Gasteiger partial charge in [0.05, 0.1) is 4.92 Å². The summed E-state index contributed by atoms with van der Waals surface area (Å²) in [6.07, 6.45) is 2.06. The molecule has 134 valence electrons. The van der Waals surface area contributed by atoms with Crippen LogP contribution in [0.4, 0.5) is 5.69 Å². The van der Waals surface area contributed by atoms with Gasteiger partial charge in [-0.1, -0.05) is 42.5 Å². The largest absolute Gasteiger partial charge is 0.350 e. The highest BCUT2D eigenvalue weighted by Crippen LogP contribution is 2.15. The van der Waals surface area contributed by atoms with Gasteiger partial charge < -0.3 is 10.6 Å². The molecule has 2 aromatic rings. The fourth-order valence-electron chi connectivity index (χ4n) is 2.30. The van der Waals surface area contributed by atoms with Crippen molar-refractivity contribution in [1.82, 2.24) is 10.6 Å². The molecule has 7 nitrogen and oxygen atoms in total. The average molecular weight is 353 g/mol. The normalized spacial score (nSPS) is 10.9. The fourth-order valence-corrected chi connectivity index (χ4v) is 2.30. The first kappa shape index (κ1) is 18.9. The Morgan fingerprint density at radius 3 is 2.50 bits per heavy atom. The number of nitro groups is 1. The van der Waals surface area contributed by atoms with Crippen LogP contribution in [0, 0.1) is 10.1 Å². The van der Waals surface area contributed by atoms with E-state index in [2.05, 4.69) is 10.6 Å². The van der Waals surface area contributed by atoms with Crippen LogP contribution >= 0.6 is 0 Å². The minimum absolute atomic E-state index is 0.0334. The van der Waals surface area contributed by atoms with Crippen molar-refractivity contribution in [3.63, 3.8) is 0 Å². The van der Waals surface area contributed by atoms with Gasteiger partial charge in [-0.2, -0.15) is 0 Å². The summed E-state index contributed by atoms with van der Waals surface area (Å²) in [7, 11) is 0. The molecule has 0 atom stereocenters. The minimum atomic E-state index is -0.519. The molecule has 7 heteroatoms. The molecule has 0 fully saturated rings. The van der Waals surface area contributed by atoms with Crippen molar-refractivity contribution in [1.29, 1.82) is 0 Å². The highest BCUT2D eigenvalue weighted by atomic mass is 16.6. The number of hydrogen-bond donors (Lipinski definition) is 2. The van der Waals surface area contributed by atoms with Gasteiger partial charge in [0, 0.05) is 25.6 Å². The van der Waals surface area contributed by atoms with Gasteiger partial charge in [-0.15, -0.1) is 0 Å². The van der Waals surface area contributed by atoms with Crippen LogP contribution in [-0.4, -0.2) is 23.3 Å². The highest BCUT2D eigenvalue weighted by molar-refractivity contribution is 6.00. The van der Waals surface area contributed by atoms with Crippen LogP contribution in [0.3, 0.4) is 0 Å². The van der Waals surface area contributed by atoms with Crippen molar-refractivity contribution in [2.45, 2.75) is 13.3 Å². The maximum Gasteiger partial charge on any atom is 0.270 e. The molecule has 0 saturated carbocycles. The van der Waals surface area contributed by atoms with E-state index >= 15 is 0 Å². The smallest absolute Gasteiger partial charge is 0.270 e. The van der Waals surface area contributed by atoms with E-state index in [9.17, 15) is 19.7 Å². The lowest BCUT2D eigenvalue weighted by molar-refractivity contribution is -0.384. The monoisotopic (exact) mass is 353 g/mol. The van der Waals surface area contributed by atoms with E-state index in [1.165, 1.54) is 31.2 Å². The van der Waals surface area contributed by atoms with Gasteiger partial charge in [-0.3, -0.25) is 19.7 Å². The Kier molecular flexibility index (Phi) is 6.61. The topological polar surface area (TPSA) is 101 Å². The maximum atomic E-state index is 12.4. The summed E-state index contributed by atoms with van der Waals surface area (Å²) in [6, 6.07) is 15.5. The summed E-state index contributed by atoms with van der Waals surface area (Å²) in [5, 5.41) is 16.1. The van der Waals surface area contributed by atoms with Crippen LogP contribution < -0.4 is 10.6 Å². The molecule has 0 spiro atoms. The van der Waals surface area contributed by atoms with Crippen molar-refractivity contribution in [3.05, 3.63) is 81.5 Å². The van der Waals surface area contributed by atoms with E-state index in [0.29, 0.717) is 18.5 Å². The standard InChI is InChI=1S/C19H19N3O4/c1-14(23)21-18(13-16-8-5-9-17(12-16)22(25)26)19(24)20-11-10-15-6-3-2-4-7-15/h2-9,12-13H,10-11H2,1H3,(H,20,24)(H,21,23). The average Bonchev–Trinajstić information content (AvgIpc) is 2.62. The lowest BCUT2D eigenvalue weighted by Crippen LogP contribution is -2.34. The van der Waals surface area contributed by atoms with E-state index in [1.54, 1.807) is 6.07 Å². The number of carbonyl (C=O) groups is 2. The summed E-state index contributed by atoms with van der Waals surface area (Å²) < 4.78 is 0. The molecule has 0 saturated heterocycles. The van der Waals surface area contributed by atoms with E-state index in [-0.39, 0.29) is 11.4 Å². The zero-order valence-electron chi connectivity index (χ0n) is 14.3. The number of rotatable bonds is 7. The summed E-state index contributed by atoms with van der Waals surface area (Å²) in [4.78, 5) is 34.1. The van der Waals surface area contributed by atoms with E-state index in [1.807, 2.05) is 30.3 Å². The molecule has 0 heterocycles. The van der Waals surface area contributed by atoms with Crippen molar-refractivity contribution >= 4 is 23.6 Å². The van der Waals surface area contributed by atoms with Crippen molar-refractivity contribution in [2.75, 3.05) is 6.54 Å². The Labute approximate surface area is 150 Å². The zero-order chi connectivity index (χ0) is 18.9. The Balaban J connectivity index is 2.10. The number of nitrogens with zero attached hydrogens (tertiary/aromatic N) is 1. The second kappa shape index (κ2) is 9.12. The number of nitrogens with one attached hydrogen (secondary N) is 2. The number of hydrogen-bond acceptors (Lipinski definition) is 4. The fraction of sp³-hybridized carbons (Fsp3) is 0.158. The number of amides is 2. The predicted molar refractivity (Wildman–Crippen MR) is 98.0 cm³/mol. The van der Waals surface area contributed by atoms with Gasteiger partial charge in [0.1, 0.15) is 5.70 Å². The first-order chi connectivity index (χ1) is 12.5. The molecule has 0 aliphatic rings. The summed E-state index contributed by atoms with van der Waals surface area (Å²) >= 11 is 0. The lowest BCUT2D eigenvalue weighted by Gasteiger charge is -2.10. The first-order valence-corrected chi connectivity index (χ1v) is 8.01. The second-order valence-corrected chi connectivity index (χ2v) is 5.58. The molecule has 0 bridgehead atoms. The van der Waals surface area contributed by atoms with Crippen molar-refractivity contribution in [2.24, 2.45) is 0 Å². The van der Waals surface area contributed by atoms with Crippen molar-refractivity contribution in [3.8, 4) is 0 Å². The SMILES string of the molecule is CC(=O)NC(=Cc1cccc([N+](=O)[O-])c1)C(=O)NCCc1ccccc1. The van der Waals surface area contributed by atoms with Crippen molar-refractivity contribution < 1.29 is 14.5 Å². The summed E-state index contributed by atoms with van der Waals surface area (Å²) in [6.45, 7) is 1.69. The van der Waals surface area contributed by atoms with Crippen LogP contribution in [0.25, 0.3) is 6.08 Å². The summed E-state index contributed by atoms with van der Waals surface area (Å²) in [5.74, 6) is -0.859. The Bertz CT molecular complexity index is 832. The Morgan fingerprint density at radius 1 is 1.12 bits per heavy atom. The molecule has 0 aliphatic carbocycles. The van der Waals surface area contributed by atoms with Gasteiger partial charge in [0.25, 0.3) is 11.6 Å². The number of non-ortho nitro benzene ring substituents is 1. The predicted octanol–water partition coefficient (Wildman–Crippen LogP) is 2.43. The van der Waals surface area contributed by atoms with Gasteiger partial charge in [-0.05, 0) is 23.6 Å². The molecule has 26 heavy (non-hydrogen) atoms. The zero-order valence-corrected chi connectivity index (χ0v) is 14.3. The number of benzene rings is 2. The van der Waals surface area contributed by atoms with E-state index in [0.717, 1.165) is 5.56 Å². The van der Waals surface area contributed by atoms with Crippen LogP contribution in [0.2, 0.25) is 0 Å². The van der Waals surface area contributed by atoms with Crippen LogP contribution in [0.1, 0.15) is 18.1 Å². The van der Waals surface area contributed by atoms with Crippen LogP contribution in [0.15, 0.2) is 60.3 Å². The van der Waals surface area contributed by atoms with Gasteiger partial charge in [-0.25, -0.2) is 0 Å². The molecular formula is C19H19N3O4. The van der Waals surface area contributed by atoms with E-state index < -0.39 is 16.7 Å². The quantitative estimate of drug-likeness (QED) is 0.453. The molecule has 0 radical (unpaired) electrons. The third-order valence-corrected chi connectivity index (χ3v) is 3.49. The van der Waals surface area contributed by atoms with Gasteiger partial charge in [0.15, 0.2) is 0 Å². The Hall–Kier alpha value is -3.48. The molecule has 2 N–H and O–H groups in total. The molecule has 2 aromatic carbocycles. The third kappa shape index (κ3) is 5.86. The summed E-state index contributed by atoms with van der Waals surface area (Å²) in [5.41, 5.74) is 1.47. The third-order valence-electron chi connectivity index (χ3n) is 3.49. The van der Waals surface area contributed by atoms with Crippen LogP contribution in [-0.2, 0) is 16.0 Å². The highest BCUT2D eigenvalue weighted by Gasteiger charge is 2.12. The van der Waals surface area contributed by atoms with Crippen LogP contribution in [0.5, 0.6) is 0 Å². The molecule has 2 amide bonds. The number of nitro benzene ring substituents is 1. The van der Waals surface area contributed by atoms with Gasteiger partial charge >= 0.3 is 0 Å². The molecule has 0 unspecified atom stereocenters. The molecule has 0 aromatic heterocycles. The Morgan fingerprint density at radius 2 is 1.85 bits per heavy atom. The molecular weight excluding hydrogens is 334 g/mol. The molecule has 0 aliphatic heterocycles. The second-order valence-electron chi connectivity index (χ2n) is 5.58. The number of carbonyl (C=O) groups excluding carboxylic acids is 2.